The van der Waals surface area contributed by atoms with E-state index in [0.717, 1.165) is 12.3 Å². The summed E-state index contributed by atoms with van der Waals surface area (Å²) in [7, 11) is 4.39. The second-order valence-electron chi connectivity index (χ2n) is 7.71. The summed E-state index contributed by atoms with van der Waals surface area (Å²) in [4.78, 5) is 16.8. The molecule has 1 fully saturated rings. The van der Waals surface area contributed by atoms with E-state index >= 15 is 0 Å². The summed E-state index contributed by atoms with van der Waals surface area (Å²) in [5, 5.41) is 2.83. The number of furan rings is 1. The van der Waals surface area contributed by atoms with E-state index in [2.05, 4.69) is 41.3 Å². The molecule has 0 unspecified atom stereocenters. The maximum absolute atomic E-state index is 11.9. The summed E-state index contributed by atoms with van der Waals surface area (Å²) in [6.45, 7) is 5.60. The smallest absolute Gasteiger partial charge is 0.287 e. The van der Waals surface area contributed by atoms with Gasteiger partial charge in [-0.25, -0.2) is 0 Å². The molecule has 2 aromatic rings. The number of ether oxygens (including phenoxy) is 1. The minimum Gasteiger partial charge on any atom is -0.489 e. The third kappa shape index (κ3) is 5.84. The zero-order chi connectivity index (χ0) is 19.9. The molecule has 28 heavy (non-hydrogen) atoms. The molecule has 1 atom stereocenters. The molecule has 6 nitrogen and oxygen atoms in total. The maximum atomic E-state index is 11.9. The number of nitrogens with one attached hydrogen (secondary N) is 1. The molecule has 0 saturated carbocycles. The number of amides is 1. The monoisotopic (exact) mass is 385 g/mol. The van der Waals surface area contributed by atoms with E-state index in [1.165, 1.54) is 37.8 Å². The molecule has 0 aliphatic carbocycles. The van der Waals surface area contributed by atoms with E-state index in [1.54, 1.807) is 12.1 Å². The number of carbonyl (C=O) groups excluding carboxylic acids is 1. The van der Waals surface area contributed by atoms with Crippen molar-refractivity contribution in [2.45, 2.75) is 38.5 Å². The molecule has 1 N–H and O–H groups in total. The molecule has 0 radical (unpaired) electrons. The number of piperidine rings is 1. The first-order chi connectivity index (χ1) is 13.5. The summed E-state index contributed by atoms with van der Waals surface area (Å²) in [6, 6.07) is 12.2. The fourth-order valence-corrected chi connectivity index (χ4v) is 3.58. The van der Waals surface area contributed by atoms with Gasteiger partial charge in [-0.1, -0.05) is 12.1 Å². The molecule has 3 rings (SSSR count). The van der Waals surface area contributed by atoms with Crippen molar-refractivity contribution >= 4 is 5.91 Å². The Hall–Kier alpha value is -2.31. The Labute approximate surface area is 167 Å². The lowest BCUT2D eigenvalue weighted by Crippen LogP contribution is -2.41. The van der Waals surface area contributed by atoms with Crippen LogP contribution >= 0.6 is 0 Å². The first-order valence-electron chi connectivity index (χ1n) is 9.97. The van der Waals surface area contributed by atoms with Gasteiger partial charge in [0.1, 0.15) is 11.9 Å². The van der Waals surface area contributed by atoms with Crippen molar-refractivity contribution in [3.8, 4) is 5.75 Å². The number of carbonyl (C=O) groups is 1. The van der Waals surface area contributed by atoms with Crippen LogP contribution in [-0.4, -0.2) is 61.6 Å². The van der Waals surface area contributed by atoms with Crippen LogP contribution in [-0.2, 0) is 6.54 Å². The van der Waals surface area contributed by atoms with E-state index in [1.807, 2.05) is 19.1 Å². The highest BCUT2D eigenvalue weighted by Crippen LogP contribution is 2.20. The van der Waals surface area contributed by atoms with Crippen LogP contribution in [0.25, 0.3) is 0 Å². The number of benzene rings is 1. The van der Waals surface area contributed by atoms with Crippen LogP contribution in [0.2, 0.25) is 0 Å². The third-order valence-electron chi connectivity index (χ3n) is 5.27. The topological polar surface area (TPSA) is 58.0 Å². The van der Waals surface area contributed by atoms with E-state index in [0.29, 0.717) is 18.3 Å². The average molecular weight is 386 g/mol. The average Bonchev–Trinajstić information content (AvgIpc) is 3.22. The number of hydrogen-bond acceptors (Lipinski definition) is 5. The molecule has 1 saturated heterocycles. The van der Waals surface area contributed by atoms with Gasteiger partial charge in [-0.05, 0) is 76.8 Å². The molecule has 1 amide bonds. The van der Waals surface area contributed by atoms with Gasteiger partial charge in [0.25, 0.3) is 5.91 Å². The Bertz CT molecular complexity index is 739. The van der Waals surface area contributed by atoms with Crippen LogP contribution in [0.1, 0.15) is 35.9 Å². The SMILES string of the molecule is C[C@H](CNC(=O)c1ccco1)Oc1cccc(CN(C)C2CCN(C)CC2)c1. The fourth-order valence-electron chi connectivity index (χ4n) is 3.58. The fraction of sp³-hybridized carbons (Fsp3) is 0.500. The predicted octanol–water partition coefficient (Wildman–Crippen LogP) is 3.00. The van der Waals surface area contributed by atoms with Crippen molar-refractivity contribution in [2.75, 3.05) is 33.7 Å². The largest absolute Gasteiger partial charge is 0.489 e. The van der Waals surface area contributed by atoms with Gasteiger partial charge < -0.3 is 19.4 Å². The molecule has 1 aliphatic heterocycles. The molecule has 0 bridgehead atoms. The molecule has 0 spiro atoms. The number of likely N-dealkylation sites (tertiary alicyclic amines) is 1. The van der Waals surface area contributed by atoms with Crippen LogP contribution in [0.4, 0.5) is 0 Å². The normalized spacial score (nSPS) is 16.9. The lowest BCUT2D eigenvalue weighted by Gasteiger charge is -2.35. The van der Waals surface area contributed by atoms with E-state index in [4.69, 9.17) is 9.15 Å². The van der Waals surface area contributed by atoms with E-state index in [9.17, 15) is 4.79 Å². The Kier molecular flexibility index (Phi) is 7.12. The first kappa shape index (κ1) is 20.4. The van der Waals surface area contributed by atoms with E-state index < -0.39 is 0 Å². The van der Waals surface area contributed by atoms with Crippen LogP contribution in [0, 0.1) is 0 Å². The second kappa shape index (κ2) is 9.75. The number of nitrogens with zero attached hydrogens (tertiary/aromatic N) is 2. The minimum absolute atomic E-state index is 0.138. The summed E-state index contributed by atoms with van der Waals surface area (Å²) < 4.78 is 11.1. The maximum Gasteiger partial charge on any atom is 0.287 e. The van der Waals surface area contributed by atoms with Gasteiger partial charge in [0.05, 0.1) is 12.8 Å². The van der Waals surface area contributed by atoms with Gasteiger partial charge >= 0.3 is 0 Å². The van der Waals surface area contributed by atoms with Gasteiger partial charge in [-0.3, -0.25) is 9.69 Å². The molecular weight excluding hydrogens is 354 g/mol. The summed E-state index contributed by atoms with van der Waals surface area (Å²) >= 11 is 0. The summed E-state index contributed by atoms with van der Waals surface area (Å²) in [5.41, 5.74) is 1.24. The lowest BCUT2D eigenvalue weighted by molar-refractivity contribution is 0.0904. The highest BCUT2D eigenvalue weighted by molar-refractivity contribution is 5.91. The number of hydrogen-bond donors (Lipinski definition) is 1. The Morgan fingerprint density at radius 2 is 2.11 bits per heavy atom. The van der Waals surface area contributed by atoms with Gasteiger partial charge in [0.15, 0.2) is 5.76 Å². The molecule has 2 heterocycles. The van der Waals surface area contributed by atoms with E-state index in [-0.39, 0.29) is 12.0 Å². The van der Waals surface area contributed by atoms with Crippen LogP contribution in [0.3, 0.4) is 0 Å². The van der Waals surface area contributed by atoms with Gasteiger partial charge in [0.2, 0.25) is 0 Å². The van der Waals surface area contributed by atoms with Crippen molar-refractivity contribution in [2.24, 2.45) is 0 Å². The first-order valence-corrected chi connectivity index (χ1v) is 9.97. The van der Waals surface area contributed by atoms with Crippen molar-refractivity contribution in [3.05, 3.63) is 54.0 Å². The molecule has 152 valence electrons. The summed E-state index contributed by atoms with van der Waals surface area (Å²) in [6.07, 6.45) is 3.79. The van der Waals surface area contributed by atoms with Crippen molar-refractivity contribution in [3.63, 3.8) is 0 Å². The standard InChI is InChI=1S/C22H31N3O3/c1-17(15-23-22(26)21-8-5-13-27-21)28-20-7-4-6-18(14-20)16-25(3)19-9-11-24(2)12-10-19/h4-8,13-14,17,19H,9-12,15-16H2,1-3H3,(H,23,26)/t17-/m1/s1. The van der Waals surface area contributed by atoms with Crippen LogP contribution in [0.15, 0.2) is 47.1 Å². The highest BCUT2D eigenvalue weighted by atomic mass is 16.5. The van der Waals surface area contributed by atoms with Gasteiger partial charge in [-0.2, -0.15) is 0 Å². The van der Waals surface area contributed by atoms with Crippen molar-refractivity contribution in [1.82, 2.24) is 15.1 Å². The van der Waals surface area contributed by atoms with Gasteiger partial charge in [0, 0.05) is 12.6 Å². The lowest BCUT2D eigenvalue weighted by atomic mass is 10.0. The highest BCUT2D eigenvalue weighted by Gasteiger charge is 2.20. The third-order valence-corrected chi connectivity index (χ3v) is 5.27. The molecular formula is C22H31N3O3. The van der Waals surface area contributed by atoms with Crippen molar-refractivity contribution in [1.29, 1.82) is 0 Å². The summed E-state index contributed by atoms with van der Waals surface area (Å²) in [5.74, 6) is 0.911. The Morgan fingerprint density at radius 1 is 1.32 bits per heavy atom. The Balaban J connectivity index is 1.47. The van der Waals surface area contributed by atoms with Crippen molar-refractivity contribution < 1.29 is 13.9 Å². The molecule has 6 heteroatoms. The zero-order valence-electron chi connectivity index (χ0n) is 17.1. The molecule has 1 aromatic heterocycles. The molecule has 1 aromatic carbocycles. The minimum atomic E-state index is -0.228. The number of rotatable bonds is 8. The Morgan fingerprint density at radius 3 is 2.82 bits per heavy atom. The second-order valence-corrected chi connectivity index (χ2v) is 7.71. The predicted molar refractivity (Wildman–Crippen MR) is 110 cm³/mol. The molecule has 1 aliphatic rings. The quantitative estimate of drug-likeness (QED) is 0.757. The zero-order valence-corrected chi connectivity index (χ0v) is 17.1. The van der Waals surface area contributed by atoms with Gasteiger partial charge in [-0.15, -0.1) is 0 Å². The van der Waals surface area contributed by atoms with Crippen LogP contribution < -0.4 is 10.1 Å². The van der Waals surface area contributed by atoms with Crippen LogP contribution in [0.5, 0.6) is 5.75 Å².